The Morgan fingerprint density at radius 1 is 0.337 bits per heavy atom. The van der Waals surface area contributed by atoms with E-state index in [1.807, 2.05) is 86.0 Å². The fourth-order valence-corrected chi connectivity index (χ4v) is 26.4. The van der Waals surface area contributed by atoms with Gasteiger partial charge in [-0.1, -0.05) is 0 Å². The Morgan fingerprint density at radius 3 is 0.867 bits per heavy atom. The molecule has 0 radical (unpaired) electrons. The first kappa shape index (κ1) is 66.8. The van der Waals surface area contributed by atoms with Gasteiger partial charge in [-0.05, 0) is 148 Å². The molecule has 0 atom stereocenters. The Labute approximate surface area is 534 Å². The van der Waals surface area contributed by atoms with Gasteiger partial charge in [0.05, 0.1) is 14.6 Å². The summed E-state index contributed by atoms with van der Waals surface area (Å²) >= 11 is 26.2. The molecule has 0 fully saturated rings. The molecule has 0 N–H and O–H groups in total. The molecule has 0 saturated carbocycles. The summed E-state index contributed by atoms with van der Waals surface area (Å²) in [4.78, 5) is 16.1. The van der Waals surface area contributed by atoms with Crippen LogP contribution in [0.5, 0.6) is 0 Å². The molecule has 442 valence electrons. The lowest BCUT2D eigenvalue weighted by Gasteiger charge is -2.25. The van der Waals surface area contributed by atoms with Crippen molar-refractivity contribution in [2.45, 2.75) is 77.1 Å². The standard InChI is InChI=1S/C33H22F6S6.C14H11BrS3.C5F8.S7/c1-15-5-9-21(40-15)25-13-19(29(44-25)23-11-7-17(3)42-23)27-28(32(36,37)33(38,39)31(27,34)35)20-14-26(22-10-6-16(2)41-22)45-30(20)24-12-8-18(4)43-24;1-8-3-5-11(16-8)13-7-10(15)14(18-13)12-6-4-9(2)17-12;6-1-2(7)4(10,11)5(12,13)3(1,8)9;1-3-5-7-6-4-2/h5-14H,1-4H3;3-7H,1-2H3;;. The molecule has 2 aliphatic rings. The number of alkyl halides is 12. The van der Waals surface area contributed by atoms with Crippen LogP contribution >= 0.6 is 118 Å². The predicted octanol–water partition coefficient (Wildman–Crippen LogP) is 23.4. The summed E-state index contributed by atoms with van der Waals surface area (Å²) in [5.74, 6) is -40.4. The molecule has 9 aromatic heterocycles. The summed E-state index contributed by atoms with van der Waals surface area (Å²) in [6, 6.07) is 28.3. The average molecular weight is 1520 g/mol. The molecule has 83 heavy (non-hydrogen) atoms. The summed E-state index contributed by atoms with van der Waals surface area (Å²) in [5.41, 5.74) is -3.19. The van der Waals surface area contributed by atoms with Gasteiger partial charge in [0.1, 0.15) is 0 Å². The molecular weight excluding hydrogens is 1480 g/mol. The summed E-state index contributed by atoms with van der Waals surface area (Å²) in [6.45, 7) is 11.8. The van der Waals surface area contributed by atoms with Gasteiger partial charge in [0, 0.05) is 167 Å². The van der Waals surface area contributed by atoms with E-state index in [9.17, 15) is 35.1 Å². The lowest BCUT2D eigenvalue weighted by Crippen LogP contribution is -2.48. The van der Waals surface area contributed by atoms with Crippen LogP contribution in [-0.2, 0) is 66.8 Å². The van der Waals surface area contributed by atoms with E-state index >= 15 is 26.3 Å². The van der Waals surface area contributed by atoms with Gasteiger partial charge in [0.15, 0.2) is 0 Å². The molecule has 0 spiro atoms. The Hall–Kier alpha value is -2.18. The molecule has 0 bridgehead atoms. The van der Waals surface area contributed by atoms with Crippen molar-refractivity contribution in [3.05, 3.63) is 148 Å². The van der Waals surface area contributed by atoms with Gasteiger partial charge in [-0.2, -0.15) is 52.7 Å². The molecule has 0 saturated heterocycles. The maximum absolute atomic E-state index is 16.2. The van der Waals surface area contributed by atoms with Crippen LogP contribution in [0.15, 0.2) is 107 Å². The number of rotatable bonds is 8. The quantitative estimate of drug-likeness (QED) is 0.139. The van der Waals surface area contributed by atoms with E-state index in [1.54, 1.807) is 50.9 Å². The first-order valence-corrected chi connectivity index (χ1v) is 39.1. The van der Waals surface area contributed by atoms with E-state index in [0.717, 1.165) is 51.9 Å². The van der Waals surface area contributed by atoms with Gasteiger partial charge >= 0.3 is 35.5 Å². The van der Waals surface area contributed by atoms with Gasteiger partial charge in [0.25, 0.3) is 0 Å². The smallest absolute Gasteiger partial charge is 0.202 e. The third-order valence-corrected chi connectivity index (χ3v) is 32.2. The zero-order valence-electron chi connectivity index (χ0n) is 42.4. The number of halogens is 15. The Balaban J connectivity index is 0.000000191. The second-order valence-electron chi connectivity index (χ2n) is 17.6. The van der Waals surface area contributed by atoms with Gasteiger partial charge in [-0.15, -0.1) is 102 Å². The average Bonchev–Trinajstić information content (AvgIpc) is 1.70. The van der Waals surface area contributed by atoms with Crippen LogP contribution in [-0.4, -0.2) is 35.5 Å². The highest BCUT2D eigenvalue weighted by Crippen LogP contribution is 2.68. The van der Waals surface area contributed by atoms with Crippen LogP contribution in [0.1, 0.15) is 40.4 Å². The van der Waals surface area contributed by atoms with Crippen molar-refractivity contribution in [3.63, 3.8) is 0 Å². The first-order valence-electron chi connectivity index (χ1n) is 23.0. The highest BCUT2D eigenvalue weighted by atomic mass is 79.9. The minimum absolute atomic E-state index is 0.271. The lowest BCUT2D eigenvalue weighted by molar-refractivity contribution is -0.271. The molecule has 11 rings (SSSR count). The molecule has 0 nitrogen and oxygen atoms in total. The zero-order chi connectivity index (χ0) is 60.9. The number of aryl methyl sites for hydroxylation is 6. The maximum Gasteiger partial charge on any atom is 0.385 e. The monoisotopic (exact) mass is 1510 g/mol. The molecule has 31 heteroatoms. The summed E-state index contributed by atoms with van der Waals surface area (Å²) < 4.78 is 193. The third-order valence-electron chi connectivity index (χ3n) is 11.8. The van der Waals surface area contributed by atoms with Crippen molar-refractivity contribution in [2.75, 3.05) is 0 Å². The largest absolute Gasteiger partial charge is 0.385 e. The summed E-state index contributed by atoms with van der Waals surface area (Å²) in [6.07, 6.45) is 0. The third kappa shape index (κ3) is 13.1. The number of hydrogen-bond donors (Lipinski definition) is 0. The van der Waals surface area contributed by atoms with Gasteiger partial charge < -0.3 is 0 Å². The SMILES string of the molecule is Cc1ccc(-c2cc(Br)c(-c3ccc(C)s3)s2)s1.Cc1ccc(-c2cc(C3=C(c4cc(-c5ccc(C)s5)sc4-c4ccc(C)s4)C(F)(F)C(F)(F)C3(F)F)c(-c3ccc(C)s3)s2)s1.FC1=C(F)C(F)(F)C(F)(F)C1(F)F.S=S=S=S=S=S=S. The fourth-order valence-electron chi connectivity index (χ4n) is 8.01. The van der Waals surface area contributed by atoms with E-state index in [-0.39, 0.29) is 20.9 Å². The van der Waals surface area contributed by atoms with Crippen LogP contribution in [0.3, 0.4) is 0 Å². The predicted molar refractivity (Wildman–Crippen MR) is 346 cm³/mol. The number of thiophene rings is 9. The molecular formula is C52H33BrF14S16. The highest BCUT2D eigenvalue weighted by Gasteiger charge is 2.83. The zero-order valence-corrected chi connectivity index (χ0v) is 57.0. The van der Waals surface area contributed by atoms with Crippen molar-refractivity contribution < 1.29 is 61.5 Å². The van der Waals surface area contributed by atoms with Crippen molar-refractivity contribution in [3.8, 4) is 58.5 Å². The van der Waals surface area contributed by atoms with Crippen LogP contribution in [0.25, 0.3) is 69.7 Å². The van der Waals surface area contributed by atoms with Crippen molar-refractivity contribution in [2.24, 2.45) is 0 Å². The molecule has 9 heterocycles. The minimum atomic E-state index is -6.06. The molecule has 0 amide bonds. The van der Waals surface area contributed by atoms with Crippen LogP contribution in [0.2, 0.25) is 0 Å². The van der Waals surface area contributed by atoms with E-state index in [0.29, 0.717) is 19.5 Å². The minimum Gasteiger partial charge on any atom is -0.202 e. The Morgan fingerprint density at radius 2 is 0.602 bits per heavy atom. The van der Waals surface area contributed by atoms with E-state index < -0.39 is 58.3 Å². The normalized spacial score (nSPS) is 16.8. The molecule has 0 aliphatic heterocycles. The first-order chi connectivity index (χ1) is 38.8. The fraction of sp³-hybridized carbons (Fsp3) is 0.231. The van der Waals surface area contributed by atoms with E-state index in [1.165, 1.54) is 109 Å². The van der Waals surface area contributed by atoms with Crippen molar-refractivity contribution >= 4 is 196 Å². The topological polar surface area (TPSA) is 0 Å². The number of allylic oxidation sites excluding steroid dienone is 4. The Kier molecular flexibility index (Phi) is 21.0. The van der Waals surface area contributed by atoms with Gasteiger partial charge in [-0.25, -0.2) is 8.78 Å². The molecule has 0 unspecified atom stereocenters. The van der Waals surface area contributed by atoms with Crippen LogP contribution < -0.4 is 0 Å². The number of hydrogen-bond acceptors (Lipinski definition) is 11. The second-order valence-corrected chi connectivity index (χ2v) is 38.2. The summed E-state index contributed by atoms with van der Waals surface area (Å²) in [5, 5.41) is 0. The maximum atomic E-state index is 16.2. The molecule has 9 aromatic rings. The van der Waals surface area contributed by atoms with Gasteiger partial charge in [-0.3, -0.25) is 0 Å². The van der Waals surface area contributed by atoms with Gasteiger partial charge in [0.2, 0.25) is 11.7 Å². The summed E-state index contributed by atoms with van der Waals surface area (Å²) in [7, 11) is 7.36. The van der Waals surface area contributed by atoms with E-state index in [4.69, 9.17) is 0 Å². The Bertz CT molecular complexity index is 3980. The van der Waals surface area contributed by atoms with Crippen molar-refractivity contribution in [1.82, 2.24) is 0 Å². The highest BCUT2D eigenvalue weighted by molar-refractivity contribution is 9.10. The second kappa shape index (κ2) is 26.1. The molecule has 0 aromatic carbocycles. The van der Waals surface area contributed by atoms with Crippen LogP contribution in [0.4, 0.5) is 61.5 Å². The molecule has 2 aliphatic carbocycles. The van der Waals surface area contributed by atoms with Crippen molar-refractivity contribution in [1.29, 1.82) is 0 Å². The van der Waals surface area contributed by atoms with E-state index in [2.05, 4.69) is 82.5 Å². The van der Waals surface area contributed by atoms with Crippen LogP contribution in [0, 0.1) is 41.5 Å². The lowest BCUT2D eigenvalue weighted by atomic mass is 9.94.